The van der Waals surface area contributed by atoms with E-state index in [9.17, 15) is 0 Å². The lowest BCUT2D eigenvalue weighted by molar-refractivity contribution is 0.574. The molecule has 0 heterocycles. The van der Waals surface area contributed by atoms with Crippen molar-refractivity contribution in [2.24, 2.45) is 0 Å². The number of anilines is 2. The van der Waals surface area contributed by atoms with E-state index in [4.69, 9.17) is 0 Å². The second-order valence-corrected chi connectivity index (χ2v) is 13.4. The van der Waals surface area contributed by atoms with Crippen molar-refractivity contribution in [3.63, 3.8) is 0 Å². The summed E-state index contributed by atoms with van der Waals surface area (Å²) in [6, 6.07) is 16.5. The van der Waals surface area contributed by atoms with Crippen LogP contribution in [0, 0.1) is 0 Å². The number of aryl methyl sites for hydroxylation is 3. The van der Waals surface area contributed by atoms with Gasteiger partial charge in [-0.05, 0) is 67.3 Å². The van der Waals surface area contributed by atoms with Gasteiger partial charge in [0.2, 0.25) is 0 Å². The third kappa shape index (κ3) is 18.6. The molecule has 1 heteroatoms. The fourth-order valence-corrected chi connectivity index (χ4v) is 6.49. The summed E-state index contributed by atoms with van der Waals surface area (Å²) in [6.45, 7) is 6.91. The van der Waals surface area contributed by atoms with Gasteiger partial charge in [0.1, 0.15) is 0 Å². The molecular weight excluding hydrogens is 518 g/mol. The molecule has 0 saturated carbocycles. The molecule has 1 N–H and O–H groups in total. The van der Waals surface area contributed by atoms with Crippen LogP contribution in [-0.2, 0) is 19.3 Å². The van der Waals surface area contributed by atoms with Gasteiger partial charge in [0.15, 0.2) is 0 Å². The van der Waals surface area contributed by atoms with Gasteiger partial charge in [-0.1, -0.05) is 186 Å². The minimum absolute atomic E-state index is 1.19. The van der Waals surface area contributed by atoms with Gasteiger partial charge >= 0.3 is 0 Å². The Labute approximate surface area is 269 Å². The SMILES string of the molecule is CCCCCCCCCCc1ccc(Nc2c(CCCCCCCCCC)cccc2CCCCCCCCCC)cc1. The summed E-state index contributed by atoms with van der Waals surface area (Å²) >= 11 is 0. The van der Waals surface area contributed by atoms with Crippen LogP contribution in [0.3, 0.4) is 0 Å². The van der Waals surface area contributed by atoms with Crippen LogP contribution >= 0.6 is 0 Å². The number of hydrogen-bond acceptors (Lipinski definition) is 1. The van der Waals surface area contributed by atoms with Crippen molar-refractivity contribution in [3.05, 3.63) is 59.2 Å². The van der Waals surface area contributed by atoms with Crippen LogP contribution < -0.4 is 5.32 Å². The first-order chi connectivity index (χ1) is 21.3. The Morgan fingerprint density at radius 2 is 0.721 bits per heavy atom. The fourth-order valence-electron chi connectivity index (χ4n) is 6.49. The average Bonchev–Trinajstić information content (AvgIpc) is 3.03. The first-order valence-electron chi connectivity index (χ1n) is 19.2. The van der Waals surface area contributed by atoms with E-state index in [-0.39, 0.29) is 0 Å². The minimum atomic E-state index is 1.19. The number of rotatable bonds is 29. The van der Waals surface area contributed by atoms with Crippen molar-refractivity contribution in [2.75, 3.05) is 5.32 Å². The van der Waals surface area contributed by atoms with Gasteiger partial charge in [-0.2, -0.15) is 0 Å². The van der Waals surface area contributed by atoms with Gasteiger partial charge in [0, 0.05) is 11.4 Å². The summed E-state index contributed by atoms with van der Waals surface area (Å²) in [5, 5.41) is 3.92. The largest absolute Gasteiger partial charge is 0.355 e. The molecule has 0 aliphatic rings. The number of benzene rings is 2. The lowest BCUT2D eigenvalue weighted by Gasteiger charge is -2.18. The number of para-hydroxylation sites is 1. The third-order valence-electron chi connectivity index (χ3n) is 9.38. The molecule has 0 fully saturated rings. The average molecular weight is 590 g/mol. The zero-order chi connectivity index (χ0) is 30.6. The Morgan fingerprint density at radius 3 is 1.12 bits per heavy atom. The molecule has 2 aromatic rings. The van der Waals surface area contributed by atoms with E-state index in [1.54, 1.807) is 0 Å². The molecule has 0 aromatic heterocycles. The molecule has 0 unspecified atom stereocenters. The molecule has 244 valence electrons. The highest BCUT2D eigenvalue weighted by Crippen LogP contribution is 2.29. The van der Waals surface area contributed by atoms with Crippen LogP contribution in [0.1, 0.15) is 192 Å². The molecule has 1 nitrogen and oxygen atoms in total. The molecular formula is C42H71N. The maximum Gasteiger partial charge on any atom is 0.0449 e. The summed E-state index contributed by atoms with van der Waals surface area (Å²) < 4.78 is 0. The van der Waals surface area contributed by atoms with E-state index in [0.29, 0.717) is 0 Å². The van der Waals surface area contributed by atoms with Crippen LogP contribution in [0.4, 0.5) is 11.4 Å². The van der Waals surface area contributed by atoms with Crippen LogP contribution in [0.25, 0.3) is 0 Å². The van der Waals surface area contributed by atoms with Crippen LogP contribution in [0.15, 0.2) is 42.5 Å². The lowest BCUT2D eigenvalue weighted by atomic mass is 9.96. The second-order valence-electron chi connectivity index (χ2n) is 13.4. The number of unbranched alkanes of at least 4 members (excludes halogenated alkanes) is 21. The van der Waals surface area contributed by atoms with Crippen LogP contribution in [0.2, 0.25) is 0 Å². The van der Waals surface area contributed by atoms with Crippen molar-refractivity contribution in [2.45, 2.75) is 194 Å². The Balaban J connectivity index is 1.89. The smallest absolute Gasteiger partial charge is 0.0449 e. The molecule has 0 atom stereocenters. The van der Waals surface area contributed by atoms with Gasteiger partial charge in [0.25, 0.3) is 0 Å². The van der Waals surface area contributed by atoms with Crippen LogP contribution in [-0.4, -0.2) is 0 Å². The molecule has 0 amide bonds. The Bertz CT molecular complexity index is 844. The van der Waals surface area contributed by atoms with Crippen molar-refractivity contribution in [1.29, 1.82) is 0 Å². The Hall–Kier alpha value is -1.76. The summed E-state index contributed by atoms with van der Waals surface area (Å²) in [7, 11) is 0. The third-order valence-corrected chi connectivity index (χ3v) is 9.38. The first kappa shape index (κ1) is 37.4. The quantitative estimate of drug-likeness (QED) is 0.0931. The summed E-state index contributed by atoms with van der Waals surface area (Å²) in [5.74, 6) is 0. The van der Waals surface area contributed by atoms with E-state index in [1.807, 2.05) is 0 Å². The monoisotopic (exact) mass is 590 g/mol. The summed E-state index contributed by atoms with van der Waals surface area (Å²) in [4.78, 5) is 0. The van der Waals surface area contributed by atoms with E-state index in [0.717, 1.165) is 0 Å². The van der Waals surface area contributed by atoms with Crippen molar-refractivity contribution < 1.29 is 0 Å². The van der Waals surface area contributed by atoms with E-state index < -0.39 is 0 Å². The van der Waals surface area contributed by atoms with Gasteiger partial charge in [-0.25, -0.2) is 0 Å². The maximum atomic E-state index is 3.92. The molecule has 43 heavy (non-hydrogen) atoms. The van der Waals surface area contributed by atoms with E-state index in [2.05, 4.69) is 68.6 Å². The molecule has 0 bridgehead atoms. The van der Waals surface area contributed by atoms with Gasteiger partial charge in [0.05, 0.1) is 0 Å². The highest BCUT2D eigenvalue weighted by atomic mass is 14.9. The molecule has 0 aliphatic heterocycles. The van der Waals surface area contributed by atoms with Gasteiger partial charge in [-0.3, -0.25) is 0 Å². The normalized spacial score (nSPS) is 11.3. The molecule has 0 aliphatic carbocycles. The highest BCUT2D eigenvalue weighted by Gasteiger charge is 2.10. The maximum absolute atomic E-state index is 3.92. The predicted molar refractivity (Wildman–Crippen MR) is 195 cm³/mol. The summed E-state index contributed by atoms with van der Waals surface area (Å²) in [6.07, 6.45) is 36.8. The fraction of sp³-hybridized carbons (Fsp3) is 0.714. The molecule has 0 saturated heterocycles. The number of hydrogen-bond donors (Lipinski definition) is 1. The topological polar surface area (TPSA) is 12.0 Å². The van der Waals surface area contributed by atoms with E-state index in [1.165, 1.54) is 201 Å². The van der Waals surface area contributed by atoms with Gasteiger partial charge in [-0.15, -0.1) is 0 Å². The first-order valence-corrected chi connectivity index (χ1v) is 19.2. The molecule has 2 aromatic carbocycles. The van der Waals surface area contributed by atoms with Crippen molar-refractivity contribution in [1.82, 2.24) is 0 Å². The van der Waals surface area contributed by atoms with Crippen molar-refractivity contribution in [3.8, 4) is 0 Å². The van der Waals surface area contributed by atoms with E-state index >= 15 is 0 Å². The Kier molecular flexibility index (Phi) is 23.2. The van der Waals surface area contributed by atoms with Gasteiger partial charge < -0.3 is 5.32 Å². The molecule has 0 radical (unpaired) electrons. The zero-order valence-corrected chi connectivity index (χ0v) is 29.1. The highest BCUT2D eigenvalue weighted by molar-refractivity contribution is 5.67. The minimum Gasteiger partial charge on any atom is -0.355 e. The van der Waals surface area contributed by atoms with Crippen molar-refractivity contribution >= 4 is 11.4 Å². The molecule has 0 spiro atoms. The zero-order valence-electron chi connectivity index (χ0n) is 29.1. The second kappa shape index (κ2) is 26.6. The lowest BCUT2D eigenvalue weighted by Crippen LogP contribution is -2.02. The Morgan fingerprint density at radius 1 is 0.372 bits per heavy atom. The predicted octanol–water partition coefficient (Wildman–Crippen LogP) is 14.5. The standard InChI is InChI=1S/C42H71N/c1-4-7-10-13-16-19-22-25-29-38-34-36-41(37-35-38)43-42-39(30-26-23-20-17-14-11-8-5-2)32-28-33-40(42)31-27-24-21-18-15-12-9-6-3/h28,32-37,43H,4-27,29-31H2,1-3H3. The van der Waals surface area contributed by atoms with Crippen LogP contribution in [0.5, 0.6) is 0 Å². The number of nitrogens with one attached hydrogen (secondary N) is 1. The summed E-state index contributed by atoms with van der Waals surface area (Å²) in [5.41, 5.74) is 7.18. The molecule has 2 rings (SSSR count).